The molecule has 72 valence electrons. The smallest absolute Gasteiger partial charge is 0.130 e. The van der Waals surface area contributed by atoms with Crippen molar-refractivity contribution in [3.05, 3.63) is 35.4 Å². The van der Waals surface area contributed by atoms with Crippen LogP contribution in [0.2, 0.25) is 0 Å². The molecule has 0 aromatic heterocycles. The van der Waals surface area contributed by atoms with Crippen LogP contribution in [0.5, 0.6) is 0 Å². The Morgan fingerprint density at radius 3 is 2.57 bits per heavy atom. The molecule has 0 amide bonds. The third-order valence-corrected chi connectivity index (χ3v) is 2.13. The van der Waals surface area contributed by atoms with Gasteiger partial charge in [-0.1, -0.05) is 24.3 Å². The lowest BCUT2D eigenvalue weighted by Crippen LogP contribution is -1.97. The maximum atomic E-state index is 10.8. The van der Waals surface area contributed by atoms with E-state index in [0.717, 1.165) is 17.5 Å². The van der Waals surface area contributed by atoms with Gasteiger partial charge in [0.25, 0.3) is 0 Å². The Morgan fingerprint density at radius 2 is 2.00 bits per heavy atom. The first kappa shape index (κ1) is 10.5. The van der Waals surface area contributed by atoms with E-state index in [-0.39, 0.29) is 5.78 Å². The first-order valence-corrected chi connectivity index (χ1v) is 4.67. The third-order valence-electron chi connectivity index (χ3n) is 2.13. The van der Waals surface area contributed by atoms with Gasteiger partial charge in [-0.2, -0.15) is 5.26 Å². The lowest BCUT2D eigenvalue weighted by Gasteiger charge is -2.04. The van der Waals surface area contributed by atoms with Gasteiger partial charge in [0, 0.05) is 6.42 Å². The Labute approximate surface area is 84.2 Å². The van der Waals surface area contributed by atoms with Gasteiger partial charge in [-0.3, -0.25) is 0 Å². The second-order valence-corrected chi connectivity index (χ2v) is 3.31. The Kier molecular flexibility index (Phi) is 3.87. The molecule has 0 N–H and O–H groups in total. The second-order valence-electron chi connectivity index (χ2n) is 3.31. The summed E-state index contributed by atoms with van der Waals surface area (Å²) in [6.45, 7) is 1.59. The topological polar surface area (TPSA) is 40.9 Å². The number of hydrogen-bond donors (Lipinski definition) is 0. The van der Waals surface area contributed by atoms with Crippen molar-refractivity contribution in [1.29, 1.82) is 5.26 Å². The molecule has 0 saturated carbocycles. The summed E-state index contributed by atoms with van der Waals surface area (Å²) >= 11 is 0. The summed E-state index contributed by atoms with van der Waals surface area (Å²) in [5.74, 6) is 0.191. The van der Waals surface area contributed by atoms with Crippen molar-refractivity contribution in [1.82, 2.24) is 0 Å². The van der Waals surface area contributed by atoms with Gasteiger partial charge in [-0.05, 0) is 24.5 Å². The molecule has 1 aromatic carbocycles. The van der Waals surface area contributed by atoms with Crippen molar-refractivity contribution in [3.63, 3.8) is 0 Å². The van der Waals surface area contributed by atoms with E-state index in [0.29, 0.717) is 12.8 Å². The average molecular weight is 187 g/mol. The van der Waals surface area contributed by atoms with Crippen molar-refractivity contribution in [2.24, 2.45) is 0 Å². The standard InChI is InChI=1S/C12H13NO/c1-10(14)6-7-11-4-2-3-5-12(11)8-9-13/h2-5H,6-8H2,1H3. The molecule has 14 heavy (non-hydrogen) atoms. The molecule has 0 aliphatic rings. The number of benzene rings is 1. The van der Waals surface area contributed by atoms with E-state index in [1.807, 2.05) is 24.3 Å². The van der Waals surface area contributed by atoms with Gasteiger partial charge in [0.15, 0.2) is 0 Å². The number of Topliss-reactive ketones (excluding diaryl/α,β-unsaturated/α-hetero) is 1. The second kappa shape index (κ2) is 5.18. The number of carbonyl (C=O) groups is 1. The maximum Gasteiger partial charge on any atom is 0.130 e. The highest BCUT2D eigenvalue weighted by Crippen LogP contribution is 2.11. The predicted molar refractivity (Wildman–Crippen MR) is 54.8 cm³/mol. The molecule has 1 aromatic rings. The highest BCUT2D eigenvalue weighted by molar-refractivity contribution is 5.75. The Balaban J connectivity index is 2.74. The molecular weight excluding hydrogens is 174 g/mol. The van der Waals surface area contributed by atoms with Crippen LogP contribution in [0.15, 0.2) is 24.3 Å². The van der Waals surface area contributed by atoms with Crippen LogP contribution in [0, 0.1) is 11.3 Å². The SMILES string of the molecule is CC(=O)CCc1ccccc1CC#N. The van der Waals surface area contributed by atoms with E-state index in [2.05, 4.69) is 6.07 Å². The van der Waals surface area contributed by atoms with E-state index in [9.17, 15) is 4.79 Å². The first-order valence-electron chi connectivity index (χ1n) is 4.67. The fourth-order valence-corrected chi connectivity index (χ4v) is 1.37. The molecule has 2 heteroatoms. The Hall–Kier alpha value is -1.62. The number of carbonyl (C=O) groups excluding carboxylic acids is 1. The van der Waals surface area contributed by atoms with Gasteiger partial charge < -0.3 is 4.79 Å². The van der Waals surface area contributed by atoms with Gasteiger partial charge in [0.05, 0.1) is 12.5 Å². The summed E-state index contributed by atoms with van der Waals surface area (Å²) in [5, 5.41) is 8.60. The Bertz CT molecular complexity index is 363. The van der Waals surface area contributed by atoms with Crippen molar-refractivity contribution >= 4 is 5.78 Å². The number of nitriles is 1. The first-order chi connectivity index (χ1) is 6.74. The minimum absolute atomic E-state index is 0.191. The van der Waals surface area contributed by atoms with Crippen LogP contribution in [0.4, 0.5) is 0 Å². The quantitative estimate of drug-likeness (QED) is 0.725. The molecule has 2 nitrogen and oxygen atoms in total. The maximum absolute atomic E-state index is 10.8. The fourth-order valence-electron chi connectivity index (χ4n) is 1.37. The van der Waals surface area contributed by atoms with Crippen LogP contribution < -0.4 is 0 Å². The zero-order chi connectivity index (χ0) is 10.4. The minimum Gasteiger partial charge on any atom is -0.300 e. The van der Waals surface area contributed by atoms with Crippen LogP contribution in [0.3, 0.4) is 0 Å². The monoisotopic (exact) mass is 187 g/mol. The molecule has 0 aliphatic heterocycles. The Morgan fingerprint density at radius 1 is 1.36 bits per heavy atom. The van der Waals surface area contributed by atoms with Crippen molar-refractivity contribution in [2.45, 2.75) is 26.2 Å². The van der Waals surface area contributed by atoms with Gasteiger partial charge in [-0.15, -0.1) is 0 Å². The summed E-state index contributed by atoms with van der Waals surface area (Å²) in [5.41, 5.74) is 2.15. The normalized spacial score (nSPS) is 9.43. The summed E-state index contributed by atoms with van der Waals surface area (Å²) in [6, 6.07) is 9.91. The number of hydrogen-bond acceptors (Lipinski definition) is 2. The predicted octanol–water partition coefficient (Wildman–Crippen LogP) is 2.27. The molecule has 0 bridgehead atoms. The number of aryl methyl sites for hydroxylation is 1. The zero-order valence-corrected chi connectivity index (χ0v) is 8.29. The van der Waals surface area contributed by atoms with E-state index < -0.39 is 0 Å². The molecule has 0 atom stereocenters. The van der Waals surface area contributed by atoms with E-state index >= 15 is 0 Å². The molecule has 0 spiro atoms. The van der Waals surface area contributed by atoms with Crippen LogP contribution in [0.25, 0.3) is 0 Å². The van der Waals surface area contributed by atoms with Crippen molar-refractivity contribution in [3.8, 4) is 6.07 Å². The van der Waals surface area contributed by atoms with Crippen LogP contribution in [0.1, 0.15) is 24.5 Å². The van der Waals surface area contributed by atoms with E-state index in [1.54, 1.807) is 6.92 Å². The van der Waals surface area contributed by atoms with Crippen LogP contribution in [-0.2, 0) is 17.6 Å². The summed E-state index contributed by atoms with van der Waals surface area (Å²) < 4.78 is 0. The molecule has 1 rings (SSSR count). The van der Waals surface area contributed by atoms with Gasteiger partial charge >= 0.3 is 0 Å². The van der Waals surface area contributed by atoms with E-state index in [4.69, 9.17) is 5.26 Å². The van der Waals surface area contributed by atoms with Crippen LogP contribution >= 0.6 is 0 Å². The molecule has 0 unspecified atom stereocenters. The molecular formula is C12H13NO. The summed E-state index contributed by atoms with van der Waals surface area (Å²) in [6.07, 6.45) is 1.73. The summed E-state index contributed by atoms with van der Waals surface area (Å²) in [4.78, 5) is 10.8. The minimum atomic E-state index is 0.191. The highest BCUT2D eigenvalue weighted by atomic mass is 16.1. The van der Waals surface area contributed by atoms with Crippen molar-refractivity contribution < 1.29 is 4.79 Å². The molecule has 0 aliphatic carbocycles. The largest absolute Gasteiger partial charge is 0.300 e. The van der Waals surface area contributed by atoms with Gasteiger partial charge in [0.2, 0.25) is 0 Å². The number of ketones is 1. The van der Waals surface area contributed by atoms with Crippen LogP contribution in [-0.4, -0.2) is 5.78 Å². The third kappa shape index (κ3) is 3.02. The molecule has 0 fully saturated rings. The van der Waals surface area contributed by atoms with Gasteiger partial charge in [-0.25, -0.2) is 0 Å². The zero-order valence-electron chi connectivity index (χ0n) is 8.29. The molecule has 0 heterocycles. The molecule has 0 radical (unpaired) electrons. The lowest BCUT2D eigenvalue weighted by molar-refractivity contribution is -0.116. The summed E-state index contributed by atoms with van der Waals surface area (Å²) in [7, 11) is 0. The number of rotatable bonds is 4. The lowest BCUT2D eigenvalue weighted by atomic mass is 10.0. The van der Waals surface area contributed by atoms with Gasteiger partial charge in [0.1, 0.15) is 5.78 Å². The van der Waals surface area contributed by atoms with Crippen molar-refractivity contribution in [2.75, 3.05) is 0 Å². The highest BCUT2D eigenvalue weighted by Gasteiger charge is 2.02. The molecule has 0 saturated heterocycles. The fraction of sp³-hybridized carbons (Fsp3) is 0.333. The number of nitrogens with zero attached hydrogens (tertiary/aromatic N) is 1. The average Bonchev–Trinajstić information content (AvgIpc) is 2.17. The van der Waals surface area contributed by atoms with E-state index in [1.165, 1.54) is 0 Å².